The highest BCUT2D eigenvalue weighted by atomic mass is 19.1. The summed E-state index contributed by atoms with van der Waals surface area (Å²) in [4.78, 5) is 26.1. The van der Waals surface area contributed by atoms with E-state index in [4.69, 9.17) is 4.74 Å². The number of morpholine rings is 1. The topological polar surface area (TPSA) is 58.6 Å². The second-order valence-corrected chi connectivity index (χ2v) is 7.17. The predicted octanol–water partition coefficient (Wildman–Crippen LogP) is 4.04. The lowest BCUT2D eigenvalue weighted by Crippen LogP contribution is -2.45. The molecule has 1 saturated heterocycles. The van der Waals surface area contributed by atoms with Crippen molar-refractivity contribution in [2.24, 2.45) is 0 Å². The first-order valence-electron chi connectivity index (χ1n) is 9.50. The number of halogens is 1. The molecule has 1 aliphatic heterocycles. The fraction of sp³-hybridized carbons (Fsp3) is 0.364. The van der Waals surface area contributed by atoms with Crippen molar-refractivity contribution >= 4 is 23.1 Å². The van der Waals surface area contributed by atoms with Gasteiger partial charge in [-0.25, -0.2) is 4.39 Å². The molecule has 0 saturated carbocycles. The Morgan fingerprint density at radius 1 is 1.07 bits per heavy atom. The number of hydrogen-bond donors (Lipinski definition) is 1. The summed E-state index contributed by atoms with van der Waals surface area (Å²) in [6.07, 6.45) is 0.226. The maximum absolute atomic E-state index is 14.6. The molecule has 0 radical (unpaired) electrons. The predicted molar refractivity (Wildman–Crippen MR) is 107 cm³/mol. The Morgan fingerprint density at radius 2 is 1.75 bits per heavy atom. The summed E-state index contributed by atoms with van der Waals surface area (Å²) in [6.45, 7) is 5.17. The van der Waals surface area contributed by atoms with Crippen LogP contribution < -0.4 is 10.2 Å². The number of rotatable bonds is 6. The van der Waals surface area contributed by atoms with Crippen molar-refractivity contribution in [3.63, 3.8) is 0 Å². The van der Waals surface area contributed by atoms with E-state index in [1.54, 1.807) is 36.4 Å². The SMILES string of the molecule is C[C@H]1CN(c2ccc(NC(=O)CCC(=O)c3ccccc3)cc2F)C[C@H](C)O1. The molecule has 0 unspecified atom stereocenters. The van der Waals surface area contributed by atoms with E-state index >= 15 is 0 Å². The van der Waals surface area contributed by atoms with Gasteiger partial charge < -0.3 is 15.0 Å². The van der Waals surface area contributed by atoms with E-state index in [0.29, 0.717) is 30.0 Å². The lowest BCUT2D eigenvalue weighted by molar-refractivity contribution is -0.116. The number of nitrogens with zero attached hydrogens (tertiary/aromatic N) is 1. The third-order valence-corrected chi connectivity index (χ3v) is 4.67. The summed E-state index contributed by atoms with van der Waals surface area (Å²) >= 11 is 0. The number of nitrogens with one attached hydrogen (secondary N) is 1. The third kappa shape index (κ3) is 5.16. The van der Waals surface area contributed by atoms with Crippen LogP contribution in [0.5, 0.6) is 0 Å². The van der Waals surface area contributed by atoms with Crippen LogP contribution in [0.25, 0.3) is 0 Å². The van der Waals surface area contributed by atoms with E-state index in [1.165, 1.54) is 6.07 Å². The molecule has 6 heteroatoms. The van der Waals surface area contributed by atoms with Crippen LogP contribution in [0.3, 0.4) is 0 Å². The van der Waals surface area contributed by atoms with Crippen LogP contribution in [0.1, 0.15) is 37.0 Å². The largest absolute Gasteiger partial charge is 0.372 e. The summed E-state index contributed by atoms with van der Waals surface area (Å²) in [5.41, 5.74) is 1.46. The summed E-state index contributed by atoms with van der Waals surface area (Å²) in [6, 6.07) is 13.5. The van der Waals surface area contributed by atoms with Crippen LogP contribution in [-0.2, 0) is 9.53 Å². The lowest BCUT2D eigenvalue weighted by Gasteiger charge is -2.37. The molecule has 1 heterocycles. The number of benzene rings is 2. The van der Waals surface area contributed by atoms with Gasteiger partial charge in [0, 0.05) is 37.2 Å². The smallest absolute Gasteiger partial charge is 0.224 e. The Hall–Kier alpha value is -2.73. The number of hydrogen-bond acceptors (Lipinski definition) is 4. The van der Waals surface area contributed by atoms with Crippen molar-refractivity contribution in [3.05, 3.63) is 59.9 Å². The van der Waals surface area contributed by atoms with Gasteiger partial charge in [-0.05, 0) is 32.0 Å². The first-order valence-corrected chi connectivity index (χ1v) is 9.50. The maximum Gasteiger partial charge on any atom is 0.224 e. The fourth-order valence-corrected chi connectivity index (χ4v) is 3.43. The highest BCUT2D eigenvalue weighted by Crippen LogP contribution is 2.26. The zero-order chi connectivity index (χ0) is 20.1. The van der Waals surface area contributed by atoms with Crippen molar-refractivity contribution in [3.8, 4) is 0 Å². The van der Waals surface area contributed by atoms with Gasteiger partial charge in [0.2, 0.25) is 5.91 Å². The molecule has 0 spiro atoms. The van der Waals surface area contributed by atoms with Gasteiger partial charge in [-0.3, -0.25) is 9.59 Å². The normalized spacial score (nSPS) is 19.3. The van der Waals surface area contributed by atoms with E-state index in [-0.39, 0.29) is 42.6 Å². The molecular formula is C22H25FN2O3. The molecule has 2 aromatic rings. The zero-order valence-corrected chi connectivity index (χ0v) is 16.2. The van der Waals surface area contributed by atoms with Gasteiger partial charge >= 0.3 is 0 Å². The van der Waals surface area contributed by atoms with Crippen molar-refractivity contribution in [2.75, 3.05) is 23.3 Å². The average Bonchev–Trinajstić information content (AvgIpc) is 2.66. The third-order valence-electron chi connectivity index (χ3n) is 4.67. The van der Waals surface area contributed by atoms with Gasteiger partial charge in [-0.15, -0.1) is 0 Å². The minimum Gasteiger partial charge on any atom is -0.372 e. The van der Waals surface area contributed by atoms with Crippen molar-refractivity contribution in [1.82, 2.24) is 0 Å². The number of carbonyl (C=O) groups excluding carboxylic acids is 2. The van der Waals surface area contributed by atoms with Gasteiger partial charge in [0.05, 0.1) is 17.9 Å². The molecule has 0 aliphatic carbocycles. The Morgan fingerprint density at radius 3 is 2.39 bits per heavy atom. The Kier molecular flexibility index (Phi) is 6.41. The molecule has 0 bridgehead atoms. The van der Waals surface area contributed by atoms with Crippen LogP contribution in [-0.4, -0.2) is 37.0 Å². The van der Waals surface area contributed by atoms with E-state index in [0.717, 1.165) is 0 Å². The second-order valence-electron chi connectivity index (χ2n) is 7.17. The fourth-order valence-electron chi connectivity index (χ4n) is 3.43. The highest BCUT2D eigenvalue weighted by molar-refractivity contribution is 6.00. The van der Waals surface area contributed by atoms with Crippen molar-refractivity contribution < 1.29 is 18.7 Å². The van der Waals surface area contributed by atoms with Crippen molar-refractivity contribution in [2.45, 2.75) is 38.9 Å². The monoisotopic (exact) mass is 384 g/mol. The summed E-state index contributed by atoms with van der Waals surface area (Å²) < 4.78 is 20.3. The first-order chi connectivity index (χ1) is 13.4. The maximum atomic E-state index is 14.6. The molecule has 1 amide bonds. The molecule has 148 valence electrons. The Balaban J connectivity index is 1.56. The van der Waals surface area contributed by atoms with E-state index < -0.39 is 0 Å². The van der Waals surface area contributed by atoms with Gasteiger partial charge in [0.1, 0.15) is 5.82 Å². The first kappa shape index (κ1) is 20.0. The molecular weight excluding hydrogens is 359 g/mol. The number of amides is 1. The Labute approximate surface area is 164 Å². The Bertz CT molecular complexity index is 831. The quantitative estimate of drug-likeness (QED) is 0.764. The van der Waals surface area contributed by atoms with Gasteiger partial charge in [-0.1, -0.05) is 30.3 Å². The second kappa shape index (κ2) is 8.97. The van der Waals surface area contributed by atoms with Gasteiger partial charge in [-0.2, -0.15) is 0 Å². The molecule has 2 atom stereocenters. The minimum atomic E-state index is -0.389. The molecule has 2 aromatic carbocycles. The van der Waals surface area contributed by atoms with Gasteiger partial charge in [0.15, 0.2) is 5.78 Å². The standard InChI is InChI=1S/C22H25FN2O3/c1-15-13-25(14-16(2)28-15)20-9-8-18(12-19(20)23)24-22(27)11-10-21(26)17-6-4-3-5-7-17/h3-9,12,15-16H,10-11,13-14H2,1-2H3,(H,24,27)/t15-,16-/m0/s1. The molecule has 5 nitrogen and oxygen atoms in total. The summed E-state index contributed by atoms with van der Waals surface area (Å²) in [5.74, 6) is -0.794. The van der Waals surface area contributed by atoms with Crippen LogP contribution in [0, 0.1) is 5.82 Å². The number of ketones is 1. The molecule has 0 aromatic heterocycles. The molecule has 1 N–H and O–H groups in total. The molecule has 1 aliphatic rings. The molecule has 1 fully saturated rings. The molecule has 3 rings (SSSR count). The van der Waals surface area contributed by atoms with Crippen LogP contribution >= 0.6 is 0 Å². The van der Waals surface area contributed by atoms with Crippen LogP contribution in [0.2, 0.25) is 0 Å². The van der Waals surface area contributed by atoms with Gasteiger partial charge in [0.25, 0.3) is 0 Å². The van der Waals surface area contributed by atoms with Crippen molar-refractivity contribution in [1.29, 1.82) is 0 Å². The van der Waals surface area contributed by atoms with E-state index in [1.807, 2.05) is 24.8 Å². The molecule has 28 heavy (non-hydrogen) atoms. The van der Waals surface area contributed by atoms with E-state index in [2.05, 4.69) is 5.32 Å². The van der Waals surface area contributed by atoms with E-state index in [9.17, 15) is 14.0 Å². The summed E-state index contributed by atoms with van der Waals surface area (Å²) in [7, 11) is 0. The zero-order valence-electron chi connectivity index (χ0n) is 16.2. The number of ether oxygens (including phenoxy) is 1. The number of carbonyl (C=O) groups is 2. The summed E-state index contributed by atoms with van der Waals surface area (Å²) in [5, 5.41) is 2.66. The highest BCUT2D eigenvalue weighted by Gasteiger charge is 2.24. The number of Topliss-reactive ketones (excluding diaryl/α,β-unsaturated/α-hetero) is 1. The number of anilines is 2. The van der Waals surface area contributed by atoms with Crippen LogP contribution in [0.4, 0.5) is 15.8 Å². The van der Waals surface area contributed by atoms with Crippen LogP contribution in [0.15, 0.2) is 48.5 Å². The minimum absolute atomic E-state index is 0.0321. The lowest BCUT2D eigenvalue weighted by atomic mass is 10.1. The average molecular weight is 384 g/mol.